The summed E-state index contributed by atoms with van der Waals surface area (Å²) in [5, 5.41) is 5.04. The number of nitrogens with zero attached hydrogens (tertiary/aromatic N) is 1. The molecule has 3 rings (SSSR count). The van der Waals surface area contributed by atoms with Gasteiger partial charge in [0.15, 0.2) is 0 Å². The molecule has 0 heterocycles. The van der Waals surface area contributed by atoms with E-state index in [0.717, 1.165) is 11.1 Å². The van der Waals surface area contributed by atoms with Crippen LogP contribution in [0.1, 0.15) is 21.5 Å². The number of carbonyl (C=O) groups is 1. The highest BCUT2D eigenvalue weighted by atomic mass is 35.5. The van der Waals surface area contributed by atoms with E-state index < -0.39 is 0 Å². The lowest BCUT2D eigenvalue weighted by Crippen LogP contribution is -2.17. The second-order valence-corrected chi connectivity index (χ2v) is 6.51. The van der Waals surface area contributed by atoms with Crippen LogP contribution in [0.25, 0.3) is 0 Å². The minimum absolute atomic E-state index is 0.369. The van der Waals surface area contributed by atoms with Crippen molar-refractivity contribution in [2.45, 2.75) is 6.61 Å². The number of nitrogens with one attached hydrogen (secondary N) is 1. The SMILES string of the molecule is O=C(N/N=C/c1cccc(OCc2ccc(Cl)cc2)c1)c1ccccc1Cl. The van der Waals surface area contributed by atoms with E-state index in [4.69, 9.17) is 27.9 Å². The molecule has 0 fully saturated rings. The Balaban J connectivity index is 1.58. The zero-order valence-electron chi connectivity index (χ0n) is 14.2. The van der Waals surface area contributed by atoms with Crippen LogP contribution in [0.3, 0.4) is 0 Å². The van der Waals surface area contributed by atoms with Crippen LogP contribution in [-0.2, 0) is 6.61 Å². The zero-order valence-corrected chi connectivity index (χ0v) is 15.7. The fourth-order valence-corrected chi connectivity index (χ4v) is 2.65. The van der Waals surface area contributed by atoms with Crippen LogP contribution in [0.15, 0.2) is 77.9 Å². The van der Waals surface area contributed by atoms with Crippen LogP contribution in [-0.4, -0.2) is 12.1 Å². The molecule has 0 unspecified atom stereocenters. The average molecular weight is 399 g/mol. The fourth-order valence-electron chi connectivity index (χ4n) is 2.30. The Morgan fingerprint density at radius 2 is 1.78 bits per heavy atom. The van der Waals surface area contributed by atoms with Crippen LogP contribution in [0.5, 0.6) is 5.75 Å². The Labute approximate surface area is 167 Å². The minimum atomic E-state index is -0.369. The van der Waals surface area contributed by atoms with Gasteiger partial charge in [-0.2, -0.15) is 5.10 Å². The maximum atomic E-state index is 12.1. The lowest BCUT2D eigenvalue weighted by molar-refractivity contribution is 0.0955. The maximum absolute atomic E-state index is 12.1. The van der Waals surface area contributed by atoms with Crippen molar-refractivity contribution in [3.05, 3.63) is 99.5 Å². The highest BCUT2D eigenvalue weighted by Crippen LogP contribution is 2.16. The number of hydrazone groups is 1. The molecule has 3 aromatic rings. The molecule has 0 aliphatic rings. The van der Waals surface area contributed by atoms with Gasteiger partial charge in [-0.15, -0.1) is 0 Å². The van der Waals surface area contributed by atoms with Crippen LogP contribution in [0.4, 0.5) is 0 Å². The molecule has 0 bridgehead atoms. The lowest BCUT2D eigenvalue weighted by atomic mass is 10.2. The summed E-state index contributed by atoms with van der Waals surface area (Å²) in [4.78, 5) is 12.1. The molecule has 1 N–H and O–H groups in total. The van der Waals surface area contributed by atoms with Gasteiger partial charge in [-0.1, -0.05) is 59.6 Å². The van der Waals surface area contributed by atoms with Gasteiger partial charge in [-0.3, -0.25) is 4.79 Å². The largest absolute Gasteiger partial charge is 0.489 e. The van der Waals surface area contributed by atoms with Crippen molar-refractivity contribution >= 4 is 35.3 Å². The Kier molecular flexibility index (Phi) is 6.47. The maximum Gasteiger partial charge on any atom is 0.272 e. The molecule has 0 spiro atoms. The van der Waals surface area contributed by atoms with E-state index in [-0.39, 0.29) is 5.91 Å². The lowest BCUT2D eigenvalue weighted by Gasteiger charge is -2.07. The normalized spacial score (nSPS) is 10.7. The van der Waals surface area contributed by atoms with Crippen molar-refractivity contribution in [2.24, 2.45) is 5.10 Å². The van der Waals surface area contributed by atoms with Crippen molar-refractivity contribution in [1.29, 1.82) is 0 Å². The number of ether oxygens (including phenoxy) is 1. The molecule has 0 radical (unpaired) electrons. The number of halogens is 2. The molecule has 0 atom stereocenters. The molecule has 0 aromatic heterocycles. The van der Waals surface area contributed by atoms with Crippen molar-refractivity contribution in [3.63, 3.8) is 0 Å². The highest BCUT2D eigenvalue weighted by molar-refractivity contribution is 6.33. The number of carbonyl (C=O) groups excluding carboxylic acids is 1. The number of hydrogen-bond acceptors (Lipinski definition) is 3. The average Bonchev–Trinajstić information content (AvgIpc) is 2.68. The summed E-state index contributed by atoms with van der Waals surface area (Å²) in [6.07, 6.45) is 1.55. The molecule has 0 saturated heterocycles. The minimum Gasteiger partial charge on any atom is -0.489 e. The van der Waals surface area contributed by atoms with Crippen LogP contribution < -0.4 is 10.2 Å². The number of hydrogen-bond donors (Lipinski definition) is 1. The fraction of sp³-hybridized carbons (Fsp3) is 0.0476. The van der Waals surface area contributed by atoms with Gasteiger partial charge in [-0.25, -0.2) is 5.43 Å². The Morgan fingerprint density at radius 3 is 2.56 bits per heavy atom. The predicted molar refractivity (Wildman–Crippen MR) is 109 cm³/mol. The molecule has 0 aliphatic carbocycles. The van der Waals surface area contributed by atoms with Gasteiger partial charge in [0.1, 0.15) is 12.4 Å². The molecular formula is C21H16Cl2N2O2. The van der Waals surface area contributed by atoms with Crippen molar-refractivity contribution in [1.82, 2.24) is 5.43 Å². The monoisotopic (exact) mass is 398 g/mol. The molecule has 3 aromatic carbocycles. The van der Waals surface area contributed by atoms with E-state index >= 15 is 0 Å². The molecule has 136 valence electrons. The van der Waals surface area contributed by atoms with Crippen molar-refractivity contribution in [2.75, 3.05) is 0 Å². The van der Waals surface area contributed by atoms with E-state index in [0.29, 0.717) is 28.0 Å². The predicted octanol–water partition coefficient (Wildman–Crippen LogP) is 5.34. The van der Waals surface area contributed by atoms with E-state index in [9.17, 15) is 4.79 Å². The first kappa shape index (κ1) is 19.0. The molecule has 6 heteroatoms. The molecule has 1 amide bonds. The van der Waals surface area contributed by atoms with Gasteiger partial charge in [0.2, 0.25) is 0 Å². The summed E-state index contributed by atoms with van der Waals surface area (Å²) in [6, 6.07) is 21.7. The highest BCUT2D eigenvalue weighted by Gasteiger charge is 2.07. The molecule has 0 aliphatic heterocycles. The molecule has 4 nitrogen and oxygen atoms in total. The number of rotatable bonds is 6. The summed E-state index contributed by atoms with van der Waals surface area (Å²) in [5.74, 6) is 0.332. The van der Waals surface area contributed by atoms with Gasteiger partial charge in [0.25, 0.3) is 5.91 Å². The quantitative estimate of drug-likeness (QED) is 0.450. The zero-order chi connectivity index (χ0) is 19.1. The van der Waals surface area contributed by atoms with Crippen LogP contribution >= 0.6 is 23.2 Å². The van der Waals surface area contributed by atoms with Crippen LogP contribution in [0.2, 0.25) is 10.0 Å². The summed E-state index contributed by atoms with van der Waals surface area (Å²) in [7, 11) is 0. The summed E-state index contributed by atoms with van der Waals surface area (Å²) < 4.78 is 5.78. The summed E-state index contributed by atoms with van der Waals surface area (Å²) in [6.45, 7) is 0.432. The molecule has 27 heavy (non-hydrogen) atoms. The van der Waals surface area contributed by atoms with E-state index in [1.165, 1.54) is 0 Å². The van der Waals surface area contributed by atoms with Gasteiger partial charge in [0.05, 0.1) is 16.8 Å². The van der Waals surface area contributed by atoms with Gasteiger partial charge in [-0.05, 0) is 47.5 Å². The van der Waals surface area contributed by atoms with E-state index in [2.05, 4.69) is 10.5 Å². The second-order valence-electron chi connectivity index (χ2n) is 5.67. The Hall–Kier alpha value is -2.82. The van der Waals surface area contributed by atoms with Crippen LogP contribution in [0, 0.1) is 0 Å². The first-order valence-corrected chi connectivity index (χ1v) is 8.92. The topological polar surface area (TPSA) is 50.7 Å². The summed E-state index contributed by atoms with van der Waals surface area (Å²) in [5.41, 5.74) is 4.65. The van der Waals surface area contributed by atoms with E-state index in [1.807, 2.05) is 48.5 Å². The Morgan fingerprint density at radius 1 is 1.00 bits per heavy atom. The molecular weight excluding hydrogens is 383 g/mol. The first-order valence-electron chi connectivity index (χ1n) is 8.17. The number of benzene rings is 3. The van der Waals surface area contributed by atoms with Crippen molar-refractivity contribution in [3.8, 4) is 5.75 Å². The van der Waals surface area contributed by atoms with Gasteiger partial charge in [0, 0.05) is 5.02 Å². The van der Waals surface area contributed by atoms with E-state index in [1.54, 1.807) is 30.5 Å². The van der Waals surface area contributed by atoms with Gasteiger partial charge >= 0.3 is 0 Å². The molecule has 0 saturated carbocycles. The first-order chi connectivity index (χ1) is 13.1. The third-order valence-corrected chi connectivity index (χ3v) is 4.26. The second kappa shape index (κ2) is 9.21. The third kappa shape index (κ3) is 5.58. The van der Waals surface area contributed by atoms with Crippen molar-refractivity contribution < 1.29 is 9.53 Å². The van der Waals surface area contributed by atoms with Gasteiger partial charge < -0.3 is 4.74 Å². The number of amides is 1. The Bertz CT molecular complexity index is 956. The smallest absolute Gasteiger partial charge is 0.272 e. The summed E-state index contributed by atoms with van der Waals surface area (Å²) >= 11 is 11.9. The standard InChI is InChI=1S/C21H16Cl2N2O2/c22-17-10-8-15(9-11-17)14-27-18-5-3-4-16(12-18)13-24-25-21(26)19-6-1-2-7-20(19)23/h1-13H,14H2,(H,25,26)/b24-13+. The third-order valence-electron chi connectivity index (χ3n) is 3.68.